The zero-order chi connectivity index (χ0) is 16.8. The Kier molecular flexibility index (Phi) is 8.13. The minimum atomic E-state index is -0.321. The van der Waals surface area contributed by atoms with Crippen molar-refractivity contribution in [1.29, 1.82) is 0 Å². The van der Waals surface area contributed by atoms with Crippen molar-refractivity contribution in [2.45, 2.75) is 26.4 Å². The van der Waals surface area contributed by atoms with Crippen molar-refractivity contribution < 1.29 is 9.13 Å². The third kappa shape index (κ3) is 5.45. The topological polar surface area (TPSA) is 77.5 Å². The van der Waals surface area contributed by atoms with Gasteiger partial charge in [-0.2, -0.15) is 0 Å². The summed E-state index contributed by atoms with van der Waals surface area (Å²) in [7, 11) is 1.62. The number of methoxy groups -OCH3 is 1. The Bertz CT molecular complexity index is 689. The average Bonchev–Trinajstić information content (AvgIpc) is 2.91. The van der Waals surface area contributed by atoms with Gasteiger partial charge < -0.3 is 20.4 Å². The van der Waals surface area contributed by atoms with E-state index >= 15 is 0 Å². The van der Waals surface area contributed by atoms with Crippen LogP contribution in [0.4, 0.5) is 4.39 Å². The SMILES string of the molecule is COCC(C)NC(N)=NCc1ccc(-n2ccnc2C)c(F)c1.I. The normalized spacial score (nSPS) is 12.6. The molecule has 8 heteroatoms. The maximum Gasteiger partial charge on any atom is 0.189 e. The molecule has 2 aromatic rings. The van der Waals surface area contributed by atoms with Gasteiger partial charge in [0.05, 0.1) is 18.8 Å². The molecule has 0 saturated carbocycles. The molecular weight excluding hydrogens is 424 g/mol. The molecule has 0 fully saturated rings. The largest absolute Gasteiger partial charge is 0.383 e. The highest BCUT2D eigenvalue weighted by atomic mass is 127. The number of aryl methyl sites for hydroxylation is 1. The first kappa shape index (κ1) is 20.4. The summed E-state index contributed by atoms with van der Waals surface area (Å²) in [6, 6.07) is 5.07. The van der Waals surface area contributed by atoms with Gasteiger partial charge in [0.1, 0.15) is 11.6 Å². The van der Waals surface area contributed by atoms with Gasteiger partial charge in [-0.3, -0.25) is 0 Å². The molecule has 132 valence electrons. The van der Waals surface area contributed by atoms with Gasteiger partial charge in [-0.1, -0.05) is 6.07 Å². The molecule has 0 spiro atoms. The quantitative estimate of drug-likeness (QED) is 0.405. The Morgan fingerprint density at radius 1 is 1.50 bits per heavy atom. The van der Waals surface area contributed by atoms with Gasteiger partial charge in [0.15, 0.2) is 5.96 Å². The summed E-state index contributed by atoms with van der Waals surface area (Å²) in [5, 5.41) is 3.00. The number of nitrogens with one attached hydrogen (secondary N) is 1. The van der Waals surface area contributed by atoms with Gasteiger partial charge in [-0.05, 0) is 31.5 Å². The van der Waals surface area contributed by atoms with Crippen LogP contribution in [0.1, 0.15) is 18.3 Å². The number of ether oxygens (including phenoxy) is 1. The number of nitrogens with two attached hydrogens (primary N) is 1. The number of imidazole rings is 1. The maximum atomic E-state index is 14.3. The molecule has 6 nitrogen and oxygen atoms in total. The van der Waals surface area contributed by atoms with Gasteiger partial charge in [0.2, 0.25) is 0 Å². The van der Waals surface area contributed by atoms with Crippen molar-refractivity contribution in [3.8, 4) is 5.69 Å². The lowest BCUT2D eigenvalue weighted by molar-refractivity contribution is 0.179. The molecule has 1 atom stereocenters. The summed E-state index contributed by atoms with van der Waals surface area (Å²) >= 11 is 0. The fraction of sp³-hybridized carbons (Fsp3) is 0.375. The molecule has 3 N–H and O–H groups in total. The van der Waals surface area contributed by atoms with Crippen molar-refractivity contribution in [3.63, 3.8) is 0 Å². The monoisotopic (exact) mass is 447 g/mol. The van der Waals surface area contributed by atoms with Crippen LogP contribution >= 0.6 is 24.0 Å². The van der Waals surface area contributed by atoms with Crippen LogP contribution < -0.4 is 11.1 Å². The number of aromatic nitrogens is 2. The summed E-state index contributed by atoms with van der Waals surface area (Å²) in [5.41, 5.74) is 7.00. The van der Waals surface area contributed by atoms with Crippen molar-refractivity contribution >= 4 is 29.9 Å². The first-order valence-electron chi connectivity index (χ1n) is 7.35. The van der Waals surface area contributed by atoms with Crippen LogP contribution in [0.2, 0.25) is 0 Å². The zero-order valence-electron chi connectivity index (χ0n) is 14.0. The molecule has 24 heavy (non-hydrogen) atoms. The highest BCUT2D eigenvalue weighted by molar-refractivity contribution is 14.0. The standard InChI is InChI=1S/C16H22FN5O.HI/c1-11(10-23-3)21-16(18)20-9-13-4-5-15(14(17)8-13)22-7-6-19-12(22)2;/h4-8,11H,9-10H2,1-3H3,(H3,18,20,21);1H. The van der Waals surface area contributed by atoms with E-state index in [-0.39, 0.29) is 35.8 Å². The number of hydrogen-bond acceptors (Lipinski definition) is 3. The average molecular weight is 447 g/mol. The highest BCUT2D eigenvalue weighted by Gasteiger charge is 2.08. The Labute approximate surface area is 158 Å². The van der Waals surface area contributed by atoms with Gasteiger partial charge >= 0.3 is 0 Å². The molecule has 0 aliphatic heterocycles. The Morgan fingerprint density at radius 2 is 2.25 bits per heavy atom. The Hall–Kier alpha value is -1.68. The molecule has 2 rings (SSSR count). The van der Waals surface area contributed by atoms with Gasteiger partial charge in [-0.25, -0.2) is 14.4 Å². The lowest BCUT2D eigenvalue weighted by atomic mass is 10.2. The van der Waals surface area contributed by atoms with Crippen LogP contribution in [-0.4, -0.2) is 35.3 Å². The predicted octanol–water partition coefficient (Wildman–Crippen LogP) is 2.38. The Balaban J connectivity index is 0.00000288. The van der Waals surface area contributed by atoms with Crippen LogP contribution in [0.5, 0.6) is 0 Å². The van der Waals surface area contributed by atoms with Crippen LogP contribution in [0.15, 0.2) is 35.6 Å². The predicted molar refractivity (Wildman–Crippen MR) is 103 cm³/mol. The lowest BCUT2D eigenvalue weighted by Gasteiger charge is -2.13. The van der Waals surface area contributed by atoms with E-state index in [0.29, 0.717) is 24.8 Å². The molecule has 0 saturated heterocycles. The molecule has 1 unspecified atom stereocenters. The number of benzene rings is 1. The van der Waals surface area contributed by atoms with E-state index in [4.69, 9.17) is 10.5 Å². The van der Waals surface area contributed by atoms with E-state index in [0.717, 1.165) is 11.4 Å². The van der Waals surface area contributed by atoms with Gasteiger partial charge in [0.25, 0.3) is 0 Å². The van der Waals surface area contributed by atoms with Crippen LogP contribution in [0, 0.1) is 12.7 Å². The Morgan fingerprint density at radius 3 is 2.83 bits per heavy atom. The third-order valence-electron chi connectivity index (χ3n) is 3.34. The second-order valence-corrected chi connectivity index (χ2v) is 5.33. The number of hydrogen-bond donors (Lipinski definition) is 2. The summed E-state index contributed by atoms with van der Waals surface area (Å²) in [4.78, 5) is 8.31. The summed E-state index contributed by atoms with van der Waals surface area (Å²) in [5.74, 6) is 0.720. The van der Waals surface area contributed by atoms with Gasteiger partial charge in [-0.15, -0.1) is 24.0 Å². The van der Waals surface area contributed by atoms with E-state index < -0.39 is 0 Å². The maximum absolute atomic E-state index is 14.3. The van der Waals surface area contributed by atoms with Crippen molar-refractivity contribution in [3.05, 3.63) is 47.8 Å². The van der Waals surface area contributed by atoms with Crippen LogP contribution in [0.3, 0.4) is 0 Å². The van der Waals surface area contributed by atoms with E-state index in [9.17, 15) is 4.39 Å². The van der Waals surface area contributed by atoms with Crippen molar-refractivity contribution in [1.82, 2.24) is 14.9 Å². The lowest BCUT2D eigenvalue weighted by Crippen LogP contribution is -2.40. The summed E-state index contributed by atoms with van der Waals surface area (Å²) < 4.78 is 21.0. The first-order chi connectivity index (χ1) is 11.0. The van der Waals surface area contributed by atoms with E-state index in [1.54, 1.807) is 30.1 Å². The summed E-state index contributed by atoms with van der Waals surface area (Å²) in [6.45, 7) is 4.60. The molecule has 0 aliphatic rings. The van der Waals surface area contributed by atoms with E-state index in [2.05, 4.69) is 15.3 Å². The molecular formula is C16H23FIN5O. The molecule has 1 heterocycles. The second-order valence-electron chi connectivity index (χ2n) is 5.33. The molecule has 0 radical (unpaired) electrons. The van der Waals surface area contributed by atoms with E-state index in [1.807, 2.05) is 19.9 Å². The highest BCUT2D eigenvalue weighted by Crippen LogP contribution is 2.17. The number of nitrogens with zero attached hydrogens (tertiary/aromatic N) is 3. The van der Waals surface area contributed by atoms with Crippen LogP contribution in [0.25, 0.3) is 5.69 Å². The zero-order valence-corrected chi connectivity index (χ0v) is 16.3. The molecule has 0 amide bonds. The molecule has 1 aromatic carbocycles. The number of halogens is 2. The van der Waals surface area contributed by atoms with E-state index in [1.165, 1.54) is 6.07 Å². The molecule has 1 aromatic heterocycles. The fourth-order valence-corrected chi connectivity index (χ4v) is 2.24. The minimum absolute atomic E-state index is 0. The number of rotatable bonds is 6. The number of aliphatic imine (C=N–C) groups is 1. The van der Waals surface area contributed by atoms with Crippen molar-refractivity contribution in [2.75, 3.05) is 13.7 Å². The molecule has 0 aliphatic carbocycles. The second kappa shape index (κ2) is 9.58. The van der Waals surface area contributed by atoms with Crippen molar-refractivity contribution in [2.24, 2.45) is 10.7 Å². The smallest absolute Gasteiger partial charge is 0.189 e. The molecule has 0 bridgehead atoms. The fourth-order valence-electron chi connectivity index (χ4n) is 2.24. The third-order valence-corrected chi connectivity index (χ3v) is 3.34. The first-order valence-corrected chi connectivity index (χ1v) is 7.35. The van der Waals surface area contributed by atoms with Crippen LogP contribution in [-0.2, 0) is 11.3 Å². The summed E-state index contributed by atoms with van der Waals surface area (Å²) in [6.07, 6.45) is 3.37. The van der Waals surface area contributed by atoms with Gasteiger partial charge in [0, 0.05) is 25.5 Å². The minimum Gasteiger partial charge on any atom is -0.383 e. The number of guanidine groups is 1.